The maximum atomic E-state index is 13.1. The van der Waals surface area contributed by atoms with Gasteiger partial charge in [0.2, 0.25) is 0 Å². The number of benzene rings is 1. The summed E-state index contributed by atoms with van der Waals surface area (Å²) in [5.41, 5.74) is 1.05. The molecule has 1 unspecified atom stereocenters. The zero-order valence-corrected chi connectivity index (χ0v) is 11.5. The summed E-state index contributed by atoms with van der Waals surface area (Å²) in [6, 6.07) is 5.03. The van der Waals surface area contributed by atoms with Crippen molar-refractivity contribution in [1.82, 2.24) is 4.90 Å². The molecule has 0 amide bonds. The fourth-order valence-corrected chi connectivity index (χ4v) is 2.39. The number of aliphatic hydroxyl groups excluding tert-OH is 1. The van der Waals surface area contributed by atoms with Gasteiger partial charge in [0.05, 0.1) is 10.6 Å². The highest BCUT2D eigenvalue weighted by Gasteiger charge is 2.30. The van der Waals surface area contributed by atoms with Crippen LogP contribution in [-0.2, 0) is 6.54 Å². The Labute approximate surface area is 110 Å². The van der Waals surface area contributed by atoms with Gasteiger partial charge in [0.1, 0.15) is 5.82 Å². The Kier molecular flexibility index (Phi) is 4.17. The van der Waals surface area contributed by atoms with E-state index in [0.29, 0.717) is 16.9 Å². The molecule has 94 valence electrons. The molecule has 0 radical (unpaired) electrons. The molecule has 0 spiro atoms. The molecular formula is C13H17BrFNO. The second-order valence-corrected chi connectivity index (χ2v) is 5.70. The van der Waals surface area contributed by atoms with E-state index in [0.717, 1.165) is 24.9 Å². The van der Waals surface area contributed by atoms with Crippen LogP contribution >= 0.6 is 15.9 Å². The van der Waals surface area contributed by atoms with Crippen molar-refractivity contribution >= 4 is 15.9 Å². The van der Waals surface area contributed by atoms with Gasteiger partial charge in [-0.3, -0.25) is 4.90 Å². The molecule has 1 fully saturated rings. The number of hydrogen-bond acceptors (Lipinski definition) is 2. The van der Waals surface area contributed by atoms with Crippen molar-refractivity contribution in [3.63, 3.8) is 0 Å². The molecule has 2 nitrogen and oxygen atoms in total. The van der Waals surface area contributed by atoms with Gasteiger partial charge in [-0.2, -0.15) is 0 Å². The van der Waals surface area contributed by atoms with Crippen LogP contribution < -0.4 is 0 Å². The third-order valence-corrected chi connectivity index (χ3v) is 3.71. The van der Waals surface area contributed by atoms with Crippen LogP contribution in [0.2, 0.25) is 0 Å². The van der Waals surface area contributed by atoms with E-state index in [1.165, 1.54) is 6.07 Å². The molecule has 2 rings (SSSR count). The number of likely N-dealkylation sites (N-methyl/N-ethyl adjacent to an activating group) is 1. The van der Waals surface area contributed by atoms with E-state index in [1.54, 1.807) is 12.1 Å². The Morgan fingerprint density at radius 3 is 2.82 bits per heavy atom. The molecule has 1 atom stereocenters. The number of hydrogen-bond donors (Lipinski definition) is 1. The predicted octanol–water partition coefficient (Wildman–Crippen LogP) is 2.79. The third-order valence-electron chi connectivity index (χ3n) is 3.10. The van der Waals surface area contributed by atoms with Gasteiger partial charge in [-0.05, 0) is 59.4 Å². The van der Waals surface area contributed by atoms with E-state index < -0.39 is 0 Å². The molecule has 1 aliphatic rings. The maximum absolute atomic E-state index is 13.1. The number of halogens is 2. The van der Waals surface area contributed by atoms with Gasteiger partial charge in [0.15, 0.2) is 0 Å². The molecule has 0 saturated heterocycles. The molecule has 0 heterocycles. The average Bonchev–Trinajstić information content (AvgIpc) is 3.06. The first-order valence-corrected chi connectivity index (χ1v) is 6.66. The summed E-state index contributed by atoms with van der Waals surface area (Å²) in [5, 5.41) is 9.83. The molecule has 1 N–H and O–H groups in total. The summed E-state index contributed by atoms with van der Waals surface area (Å²) in [4.78, 5) is 2.07. The zero-order chi connectivity index (χ0) is 12.4. The third kappa shape index (κ3) is 3.76. The molecule has 17 heavy (non-hydrogen) atoms. The Morgan fingerprint density at radius 2 is 2.24 bits per heavy atom. The monoisotopic (exact) mass is 301 g/mol. The summed E-state index contributed by atoms with van der Waals surface area (Å²) in [6.45, 7) is 1.41. The van der Waals surface area contributed by atoms with Crippen molar-refractivity contribution in [2.24, 2.45) is 5.92 Å². The predicted molar refractivity (Wildman–Crippen MR) is 69.2 cm³/mol. The number of rotatable bonds is 5. The highest BCUT2D eigenvalue weighted by molar-refractivity contribution is 9.10. The first-order valence-electron chi connectivity index (χ1n) is 5.87. The molecule has 4 heteroatoms. The van der Waals surface area contributed by atoms with Crippen LogP contribution in [-0.4, -0.2) is 29.7 Å². The van der Waals surface area contributed by atoms with Gasteiger partial charge in [-0.25, -0.2) is 4.39 Å². The van der Waals surface area contributed by atoms with Gasteiger partial charge < -0.3 is 5.11 Å². The van der Waals surface area contributed by atoms with Gasteiger partial charge >= 0.3 is 0 Å². The Balaban J connectivity index is 1.88. The van der Waals surface area contributed by atoms with E-state index in [9.17, 15) is 9.50 Å². The van der Waals surface area contributed by atoms with Gasteiger partial charge in [0, 0.05) is 13.1 Å². The zero-order valence-electron chi connectivity index (χ0n) is 9.87. The topological polar surface area (TPSA) is 23.5 Å². The van der Waals surface area contributed by atoms with Gasteiger partial charge in [0.25, 0.3) is 0 Å². The summed E-state index contributed by atoms with van der Waals surface area (Å²) >= 11 is 3.18. The van der Waals surface area contributed by atoms with E-state index in [4.69, 9.17) is 0 Å². The second-order valence-electron chi connectivity index (χ2n) is 4.85. The van der Waals surface area contributed by atoms with Crippen LogP contribution in [0.1, 0.15) is 18.4 Å². The van der Waals surface area contributed by atoms with E-state index in [1.807, 2.05) is 7.05 Å². The molecule has 0 aliphatic heterocycles. The fourth-order valence-electron chi connectivity index (χ4n) is 1.96. The molecule has 0 aromatic heterocycles. The standard InChI is InChI=1S/C13H17BrFNO/c1-16(8-13(17)10-3-4-10)7-9-2-5-12(15)11(14)6-9/h2,5-6,10,13,17H,3-4,7-8H2,1H3. The van der Waals surface area contributed by atoms with Crippen LogP contribution in [0.15, 0.2) is 22.7 Å². The SMILES string of the molecule is CN(Cc1ccc(F)c(Br)c1)CC(O)C1CC1. The second kappa shape index (κ2) is 5.46. The molecule has 1 aliphatic carbocycles. The van der Waals surface area contributed by atoms with Crippen molar-refractivity contribution < 1.29 is 9.50 Å². The van der Waals surface area contributed by atoms with Crippen LogP contribution in [0.3, 0.4) is 0 Å². The molecule has 1 aromatic rings. The summed E-state index contributed by atoms with van der Waals surface area (Å²) in [6.07, 6.45) is 2.08. The number of aliphatic hydroxyl groups is 1. The van der Waals surface area contributed by atoms with Crippen LogP contribution in [0.25, 0.3) is 0 Å². The van der Waals surface area contributed by atoms with E-state index in [2.05, 4.69) is 20.8 Å². The summed E-state index contributed by atoms with van der Waals surface area (Å²) in [5.74, 6) is 0.256. The van der Waals surface area contributed by atoms with Crippen LogP contribution in [0.5, 0.6) is 0 Å². The van der Waals surface area contributed by atoms with Crippen molar-refractivity contribution in [1.29, 1.82) is 0 Å². The molecule has 0 bridgehead atoms. The lowest BCUT2D eigenvalue weighted by Crippen LogP contribution is -2.30. The van der Waals surface area contributed by atoms with Gasteiger partial charge in [-0.15, -0.1) is 0 Å². The first kappa shape index (κ1) is 13.0. The fraction of sp³-hybridized carbons (Fsp3) is 0.538. The largest absolute Gasteiger partial charge is 0.392 e. The summed E-state index contributed by atoms with van der Waals surface area (Å²) < 4.78 is 13.6. The van der Waals surface area contributed by atoms with Crippen molar-refractivity contribution in [3.8, 4) is 0 Å². The lowest BCUT2D eigenvalue weighted by molar-refractivity contribution is 0.104. The smallest absolute Gasteiger partial charge is 0.137 e. The highest BCUT2D eigenvalue weighted by atomic mass is 79.9. The Bertz CT molecular complexity index is 395. The quantitative estimate of drug-likeness (QED) is 0.904. The maximum Gasteiger partial charge on any atom is 0.137 e. The molecule has 1 saturated carbocycles. The minimum absolute atomic E-state index is 0.219. The molecular weight excluding hydrogens is 285 g/mol. The lowest BCUT2D eigenvalue weighted by atomic mass is 10.2. The molecule has 1 aromatic carbocycles. The lowest BCUT2D eigenvalue weighted by Gasteiger charge is -2.20. The number of nitrogens with zero attached hydrogens (tertiary/aromatic N) is 1. The van der Waals surface area contributed by atoms with E-state index in [-0.39, 0.29) is 11.9 Å². The van der Waals surface area contributed by atoms with Crippen molar-refractivity contribution in [2.45, 2.75) is 25.5 Å². The highest BCUT2D eigenvalue weighted by Crippen LogP contribution is 2.32. The minimum Gasteiger partial charge on any atom is -0.392 e. The van der Waals surface area contributed by atoms with Crippen LogP contribution in [0.4, 0.5) is 4.39 Å². The van der Waals surface area contributed by atoms with Crippen molar-refractivity contribution in [3.05, 3.63) is 34.1 Å². The van der Waals surface area contributed by atoms with Crippen molar-refractivity contribution in [2.75, 3.05) is 13.6 Å². The Hall–Kier alpha value is -0.450. The van der Waals surface area contributed by atoms with E-state index >= 15 is 0 Å². The first-order chi connectivity index (χ1) is 8.06. The van der Waals surface area contributed by atoms with Gasteiger partial charge in [-0.1, -0.05) is 6.07 Å². The normalized spacial score (nSPS) is 17.5. The van der Waals surface area contributed by atoms with Crippen LogP contribution in [0, 0.1) is 11.7 Å². The Morgan fingerprint density at radius 1 is 1.53 bits per heavy atom. The minimum atomic E-state index is -0.241. The summed E-state index contributed by atoms with van der Waals surface area (Å²) in [7, 11) is 1.98. The average molecular weight is 302 g/mol.